The van der Waals surface area contributed by atoms with Crippen LogP contribution in [0.1, 0.15) is 0 Å². The van der Waals surface area contributed by atoms with Crippen LogP contribution in [0.4, 0.5) is 10.8 Å². The maximum Gasteiger partial charge on any atom is 0.263 e. The number of methoxy groups -OCH3 is 2. The summed E-state index contributed by atoms with van der Waals surface area (Å²) in [6, 6.07) is 16.7. The van der Waals surface area contributed by atoms with E-state index in [2.05, 4.69) is 14.4 Å². The van der Waals surface area contributed by atoms with Gasteiger partial charge in [0.15, 0.2) is 16.6 Å². The first-order valence-corrected chi connectivity index (χ1v) is 14.4. The Morgan fingerprint density at radius 2 is 1.44 bits per heavy atom. The van der Waals surface area contributed by atoms with E-state index in [0.29, 0.717) is 22.0 Å². The Morgan fingerprint density at radius 3 is 2.14 bits per heavy atom. The highest BCUT2D eigenvalue weighted by Crippen LogP contribution is 2.34. The van der Waals surface area contributed by atoms with E-state index in [9.17, 15) is 16.8 Å². The van der Waals surface area contributed by atoms with Gasteiger partial charge in [0.05, 0.1) is 35.4 Å². The lowest BCUT2D eigenvalue weighted by Crippen LogP contribution is -2.14. The standard InChI is InChI=1S/C23H20ClN3O6S3/c1-32-21-12-11-17(13-22(21)33-2)36(30,31)27-23-25-20(14-34-23)18-5-3-4-6-19(18)26-35(28,29)16-9-7-15(24)8-10-16/h3-14,26H,1-2H3,(H,25,27). The number of sulfonamides is 2. The van der Waals surface area contributed by atoms with Crippen molar-refractivity contribution in [3.05, 3.63) is 77.1 Å². The Balaban J connectivity index is 1.60. The normalized spacial score (nSPS) is 11.6. The van der Waals surface area contributed by atoms with Crippen LogP contribution in [0.15, 0.2) is 81.9 Å². The maximum atomic E-state index is 12.9. The van der Waals surface area contributed by atoms with Crippen LogP contribution in [0.5, 0.6) is 11.5 Å². The first-order valence-electron chi connectivity index (χ1n) is 10.2. The van der Waals surface area contributed by atoms with Crippen LogP contribution in [-0.2, 0) is 20.0 Å². The SMILES string of the molecule is COc1ccc(S(=O)(=O)Nc2nc(-c3ccccc3NS(=O)(=O)c3ccc(Cl)cc3)cs2)cc1OC. The van der Waals surface area contributed by atoms with E-state index in [-0.39, 0.29) is 26.4 Å². The van der Waals surface area contributed by atoms with E-state index in [0.717, 1.165) is 11.3 Å². The summed E-state index contributed by atoms with van der Waals surface area (Å²) in [5, 5.41) is 2.15. The fraction of sp³-hybridized carbons (Fsp3) is 0.0870. The molecule has 13 heteroatoms. The molecule has 188 valence electrons. The number of rotatable bonds is 9. The maximum absolute atomic E-state index is 12.9. The number of hydrogen-bond acceptors (Lipinski definition) is 8. The summed E-state index contributed by atoms with van der Waals surface area (Å²) >= 11 is 6.92. The third kappa shape index (κ3) is 5.57. The molecule has 0 unspecified atom stereocenters. The minimum Gasteiger partial charge on any atom is -0.493 e. The van der Waals surface area contributed by atoms with Crippen molar-refractivity contribution in [1.29, 1.82) is 0 Å². The van der Waals surface area contributed by atoms with Crippen LogP contribution in [0.2, 0.25) is 5.02 Å². The predicted octanol–water partition coefficient (Wildman–Crippen LogP) is 5.08. The largest absolute Gasteiger partial charge is 0.493 e. The van der Waals surface area contributed by atoms with Crippen LogP contribution in [-0.4, -0.2) is 36.0 Å². The van der Waals surface area contributed by atoms with Crippen molar-refractivity contribution >= 4 is 53.8 Å². The van der Waals surface area contributed by atoms with Gasteiger partial charge in [-0.15, -0.1) is 11.3 Å². The van der Waals surface area contributed by atoms with Crippen LogP contribution >= 0.6 is 22.9 Å². The first-order chi connectivity index (χ1) is 17.1. The number of nitrogens with zero attached hydrogens (tertiary/aromatic N) is 1. The van der Waals surface area contributed by atoms with Gasteiger partial charge in [-0.25, -0.2) is 21.8 Å². The van der Waals surface area contributed by atoms with Gasteiger partial charge in [0.1, 0.15) is 0 Å². The zero-order valence-corrected chi connectivity index (χ0v) is 22.1. The van der Waals surface area contributed by atoms with E-state index in [4.69, 9.17) is 21.1 Å². The molecule has 2 N–H and O–H groups in total. The zero-order chi connectivity index (χ0) is 25.9. The molecule has 0 saturated heterocycles. The van der Waals surface area contributed by atoms with Gasteiger partial charge < -0.3 is 9.47 Å². The van der Waals surface area contributed by atoms with Gasteiger partial charge in [0.25, 0.3) is 20.0 Å². The van der Waals surface area contributed by atoms with Gasteiger partial charge in [-0.1, -0.05) is 29.8 Å². The minimum atomic E-state index is -3.98. The van der Waals surface area contributed by atoms with Gasteiger partial charge in [0.2, 0.25) is 0 Å². The van der Waals surface area contributed by atoms with Crippen molar-refractivity contribution in [2.75, 3.05) is 23.7 Å². The topological polar surface area (TPSA) is 124 Å². The summed E-state index contributed by atoms with van der Waals surface area (Å²) in [5.74, 6) is 0.660. The molecule has 0 bridgehead atoms. The number of halogens is 1. The van der Waals surface area contributed by atoms with Crippen molar-refractivity contribution in [3.8, 4) is 22.8 Å². The highest BCUT2D eigenvalue weighted by Gasteiger charge is 2.21. The molecule has 36 heavy (non-hydrogen) atoms. The van der Waals surface area contributed by atoms with Crippen LogP contribution < -0.4 is 18.9 Å². The fourth-order valence-corrected chi connectivity index (χ4v) is 6.40. The van der Waals surface area contributed by atoms with E-state index in [1.165, 1.54) is 56.7 Å². The third-order valence-electron chi connectivity index (χ3n) is 4.96. The van der Waals surface area contributed by atoms with E-state index >= 15 is 0 Å². The number of thiazole rings is 1. The second-order valence-corrected chi connectivity index (χ2v) is 11.9. The predicted molar refractivity (Wildman–Crippen MR) is 140 cm³/mol. The number of aromatic nitrogens is 1. The molecule has 0 aliphatic carbocycles. The van der Waals surface area contributed by atoms with Crippen molar-refractivity contribution in [2.24, 2.45) is 0 Å². The molecule has 0 spiro atoms. The van der Waals surface area contributed by atoms with Gasteiger partial charge in [0, 0.05) is 22.0 Å². The molecule has 1 heterocycles. The summed E-state index contributed by atoms with van der Waals surface area (Å²) in [6.07, 6.45) is 0. The molecule has 4 rings (SSSR count). The molecule has 0 aliphatic rings. The molecule has 0 radical (unpaired) electrons. The van der Waals surface area contributed by atoms with Gasteiger partial charge >= 0.3 is 0 Å². The molecule has 0 fully saturated rings. The van der Waals surface area contributed by atoms with Crippen molar-refractivity contribution in [3.63, 3.8) is 0 Å². The Labute approximate surface area is 217 Å². The Kier molecular flexibility index (Phi) is 7.41. The van der Waals surface area contributed by atoms with Crippen molar-refractivity contribution < 1.29 is 26.3 Å². The first kappa shape index (κ1) is 25.8. The molecule has 0 amide bonds. The Bertz CT molecular complexity index is 1600. The third-order valence-corrected chi connectivity index (χ3v) is 8.82. The quantitative estimate of drug-likeness (QED) is 0.290. The number of benzene rings is 3. The summed E-state index contributed by atoms with van der Waals surface area (Å²) < 4.78 is 66.9. The highest BCUT2D eigenvalue weighted by atomic mass is 35.5. The average Bonchev–Trinajstić information content (AvgIpc) is 3.31. The van der Waals surface area contributed by atoms with E-state index in [1.807, 2.05) is 0 Å². The summed E-state index contributed by atoms with van der Waals surface area (Å²) in [6.45, 7) is 0. The molecule has 0 aliphatic heterocycles. The second kappa shape index (κ2) is 10.3. The lowest BCUT2D eigenvalue weighted by molar-refractivity contribution is 0.354. The fourth-order valence-electron chi connectivity index (χ4n) is 3.21. The highest BCUT2D eigenvalue weighted by molar-refractivity contribution is 7.93. The number of para-hydroxylation sites is 1. The zero-order valence-electron chi connectivity index (χ0n) is 18.9. The van der Waals surface area contributed by atoms with Gasteiger partial charge in [-0.2, -0.15) is 0 Å². The molecule has 9 nitrogen and oxygen atoms in total. The van der Waals surface area contributed by atoms with E-state index < -0.39 is 20.0 Å². The van der Waals surface area contributed by atoms with Crippen molar-refractivity contribution in [1.82, 2.24) is 4.98 Å². The van der Waals surface area contributed by atoms with Gasteiger partial charge in [-0.05, 0) is 42.5 Å². The second-order valence-electron chi connectivity index (χ2n) is 7.27. The lowest BCUT2D eigenvalue weighted by atomic mass is 10.1. The van der Waals surface area contributed by atoms with Gasteiger partial charge in [-0.3, -0.25) is 9.44 Å². The molecule has 3 aromatic carbocycles. The summed E-state index contributed by atoms with van der Waals surface area (Å²) in [4.78, 5) is 4.37. The van der Waals surface area contributed by atoms with Crippen LogP contribution in [0.25, 0.3) is 11.3 Å². The number of hydrogen-bond donors (Lipinski definition) is 2. The molecular weight excluding hydrogens is 546 g/mol. The summed E-state index contributed by atoms with van der Waals surface area (Å²) in [5.41, 5.74) is 1.15. The summed E-state index contributed by atoms with van der Waals surface area (Å²) in [7, 11) is -5.01. The number of anilines is 2. The molecule has 4 aromatic rings. The van der Waals surface area contributed by atoms with Crippen molar-refractivity contribution in [2.45, 2.75) is 9.79 Å². The Hall–Kier alpha value is -3.32. The molecular formula is C23H20ClN3O6S3. The van der Waals surface area contributed by atoms with Crippen LogP contribution in [0, 0.1) is 0 Å². The Morgan fingerprint density at radius 1 is 0.806 bits per heavy atom. The monoisotopic (exact) mass is 565 g/mol. The molecule has 0 atom stereocenters. The smallest absolute Gasteiger partial charge is 0.263 e. The molecule has 1 aromatic heterocycles. The van der Waals surface area contributed by atoms with Crippen LogP contribution in [0.3, 0.4) is 0 Å². The lowest BCUT2D eigenvalue weighted by Gasteiger charge is -2.12. The molecule has 0 saturated carbocycles. The van der Waals surface area contributed by atoms with E-state index in [1.54, 1.807) is 29.6 Å². The number of nitrogens with one attached hydrogen (secondary N) is 2. The number of ether oxygens (including phenoxy) is 2. The minimum absolute atomic E-state index is 0.0342. The average molecular weight is 566 g/mol.